The molecule has 1 amide bonds. The van der Waals surface area contributed by atoms with Crippen molar-refractivity contribution in [3.8, 4) is 5.75 Å². The minimum atomic E-state index is -1.03. The van der Waals surface area contributed by atoms with Crippen molar-refractivity contribution in [3.05, 3.63) is 41.2 Å². The Morgan fingerprint density at radius 3 is 2.70 bits per heavy atom. The molecule has 1 aromatic heterocycles. The van der Waals surface area contributed by atoms with Crippen LogP contribution in [0.5, 0.6) is 5.75 Å². The number of benzene rings is 1. The highest BCUT2D eigenvalue weighted by Crippen LogP contribution is 2.34. The first-order valence-electron chi connectivity index (χ1n) is 9.24. The van der Waals surface area contributed by atoms with Crippen molar-refractivity contribution < 1.29 is 19.4 Å². The van der Waals surface area contributed by atoms with E-state index in [9.17, 15) is 9.59 Å². The minimum Gasteiger partial charge on any atom is -0.482 e. The molecule has 1 aliphatic carbocycles. The van der Waals surface area contributed by atoms with Crippen molar-refractivity contribution in [2.75, 3.05) is 11.9 Å². The maximum Gasteiger partial charge on any atom is 0.341 e. The number of ether oxygens (including phenoxy) is 1. The van der Waals surface area contributed by atoms with Gasteiger partial charge in [-0.05, 0) is 43.5 Å². The van der Waals surface area contributed by atoms with Crippen LogP contribution in [-0.4, -0.2) is 33.4 Å². The summed E-state index contributed by atoms with van der Waals surface area (Å²) in [7, 11) is 1.84. The van der Waals surface area contributed by atoms with Crippen LogP contribution in [-0.2, 0) is 11.8 Å². The molecule has 0 spiro atoms. The Hall–Kier alpha value is -2.83. The first kappa shape index (κ1) is 18.9. The van der Waals surface area contributed by atoms with Crippen LogP contribution >= 0.6 is 0 Å². The van der Waals surface area contributed by atoms with Gasteiger partial charge in [-0.25, -0.2) is 4.79 Å². The van der Waals surface area contributed by atoms with Gasteiger partial charge < -0.3 is 15.2 Å². The Morgan fingerprint density at radius 1 is 1.30 bits per heavy atom. The second-order valence-electron chi connectivity index (χ2n) is 7.05. The number of hydrogen-bond acceptors (Lipinski definition) is 4. The molecule has 144 valence electrons. The maximum absolute atomic E-state index is 12.9. The quantitative estimate of drug-likeness (QED) is 0.811. The van der Waals surface area contributed by atoms with Crippen molar-refractivity contribution >= 4 is 17.6 Å². The molecule has 3 rings (SSSR count). The predicted octanol–water partition coefficient (Wildman–Crippen LogP) is 3.49. The summed E-state index contributed by atoms with van der Waals surface area (Å²) in [6.45, 7) is 1.44. The van der Waals surface area contributed by atoms with E-state index < -0.39 is 12.6 Å². The fraction of sp³-hybridized carbons (Fsp3) is 0.450. The molecule has 2 N–H and O–H groups in total. The molecule has 0 unspecified atom stereocenters. The van der Waals surface area contributed by atoms with Crippen molar-refractivity contribution in [2.45, 2.75) is 44.9 Å². The number of rotatable bonds is 6. The molecule has 1 aliphatic rings. The molecule has 27 heavy (non-hydrogen) atoms. The third-order valence-corrected chi connectivity index (χ3v) is 4.90. The average Bonchev–Trinajstić information content (AvgIpc) is 3.04. The molecule has 7 heteroatoms. The first-order valence-corrected chi connectivity index (χ1v) is 9.24. The lowest BCUT2D eigenvalue weighted by molar-refractivity contribution is -0.139. The van der Waals surface area contributed by atoms with Crippen molar-refractivity contribution in [2.24, 2.45) is 7.05 Å². The topological polar surface area (TPSA) is 93.5 Å². The number of anilines is 1. The van der Waals surface area contributed by atoms with Gasteiger partial charge in [-0.15, -0.1) is 0 Å². The zero-order chi connectivity index (χ0) is 19.4. The molecule has 1 heterocycles. The summed E-state index contributed by atoms with van der Waals surface area (Å²) in [6.07, 6.45) is 7.54. The number of nitrogens with one attached hydrogen (secondary N) is 1. The molecule has 0 saturated heterocycles. The molecule has 0 atom stereocenters. The molecule has 0 bridgehead atoms. The molecule has 0 aliphatic heterocycles. The highest BCUT2D eigenvalue weighted by Gasteiger charge is 2.25. The van der Waals surface area contributed by atoms with E-state index >= 15 is 0 Å². The molecular formula is C20H25N3O4. The number of nitrogens with zero attached hydrogens (tertiary/aromatic N) is 2. The van der Waals surface area contributed by atoms with Gasteiger partial charge >= 0.3 is 5.97 Å². The van der Waals surface area contributed by atoms with E-state index in [0.29, 0.717) is 22.9 Å². The SMILES string of the molecule is Cc1cc(OCC(=O)O)ccc1NC(=O)c1cn(C)nc1C1CCCCC1. The Bertz CT molecular complexity index is 838. The number of carboxylic acid groups (broad SMARTS) is 1. The van der Waals surface area contributed by atoms with Gasteiger partial charge in [0.2, 0.25) is 0 Å². The first-order chi connectivity index (χ1) is 12.9. The fourth-order valence-corrected chi connectivity index (χ4v) is 3.56. The van der Waals surface area contributed by atoms with E-state index in [0.717, 1.165) is 24.1 Å². The van der Waals surface area contributed by atoms with Gasteiger partial charge in [0.05, 0.1) is 11.3 Å². The fourth-order valence-electron chi connectivity index (χ4n) is 3.56. The number of hydrogen-bond donors (Lipinski definition) is 2. The summed E-state index contributed by atoms with van der Waals surface area (Å²) in [5.74, 6) is -0.409. The molecule has 0 radical (unpaired) electrons. The van der Waals surface area contributed by atoms with Crippen LogP contribution in [0.1, 0.15) is 59.6 Å². The van der Waals surface area contributed by atoms with Crippen LogP contribution in [0.2, 0.25) is 0 Å². The number of carbonyl (C=O) groups excluding carboxylic acids is 1. The van der Waals surface area contributed by atoms with E-state index in [1.807, 2.05) is 14.0 Å². The Labute approximate surface area is 158 Å². The monoisotopic (exact) mass is 371 g/mol. The predicted molar refractivity (Wildman–Crippen MR) is 101 cm³/mol. The number of amides is 1. The molecule has 2 aromatic rings. The van der Waals surface area contributed by atoms with Crippen LogP contribution in [0.4, 0.5) is 5.69 Å². The van der Waals surface area contributed by atoms with Gasteiger partial charge in [0.1, 0.15) is 5.75 Å². The Balaban J connectivity index is 1.75. The maximum atomic E-state index is 12.9. The standard InChI is InChI=1S/C20H25N3O4/c1-13-10-15(27-12-18(24)25)8-9-17(13)21-20(26)16-11-23(2)22-19(16)14-6-4-3-5-7-14/h8-11,14H,3-7,12H2,1-2H3,(H,21,26)(H,24,25). The molecule has 1 fully saturated rings. The number of aliphatic carboxylic acids is 1. The van der Waals surface area contributed by atoms with Crippen LogP contribution in [0.25, 0.3) is 0 Å². The lowest BCUT2D eigenvalue weighted by Gasteiger charge is -2.20. The molecule has 1 aromatic carbocycles. The highest BCUT2D eigenvalue weighted by atomic mass is 16.5. The lowest BCUT2D eigenvalue weighted by Crippen LogP contribution is -2.16. The van der Waals surface area contributed by atoms with E-state index in [1.54, 1.807) is 29.1 Å². The van der Waals surface area contributed by atoms with E-state index in [1.165, 1.54) is 19.3 Å². The van der Waals surface area contributed by atoms with Gasteiger partial charge in [0.15, 0.2) is 6.61 Å². The summed E-state index contributed by atoms with van der Waals surface area (Å²) < 4.78 is 6.87. The summed E-state index contributed by atoms with van der Waals surface area (Å²) in [5.41, 5.74) is 2.97. The summed E-state index contributed by atoms with van der Waals surface area (Å²) in [5, 5.41) is 16.2. The normalized spacial score (nSPS) is 14.7. The number of aromatic nitrogens is 2. The van der Waals surface area contributed by atoms with E-state index in [2.05, 4.69) is 10.4 Å². The number of aryl methyl sites for hydroxylation is 2. The Kier molecular flexibility index (Phi) is 5.78. The molecular weight excluding hydrogens is 346 g/mol. The summed E-state index contributed by atoms with van der Waals surface area (Å²) in [4.78, 5) is 23.5. The lowest BCUT2D eigenvalue weighted by atomic mass is 9.85. The van der Waals surface area contributed by atoms with Gasteiger partial charge in [-0.2, -0.15) is 5.10 Å². The third-order valence-electron chi connectivity index (χ3n) is 4.90. The zero-order valence-electron chi connectivity index (χ0n) is 15.7. The average molecular weight is 371 g/mol. The smallest absolute Gasteiger partial charge is 0.341 e. The Morgan fingerprint density at radius 2 is 2.04 bits per heavy atom. The highest BCUT2D eigenvalue weighted by molar-refractivity contribution is 6.05. The van der Waals surface area contributed by atoms with E-state index in [-0.39, 0.29) is 5.91 Å². The third kappa shape index (κ3) is 4.67. The largest absolute Gasteiger partial charge is 0.482 e. The number of carboxylic acids is 1. The van der Waals surface area contributed by atoms with E-state index in [4.69, 9.17) is 9.84 Å². The second kappa shape index (κ2) is 8.24. The molecule has 1 saturated carbocycles. The van der Waals surface area contributed by atoms with Crippen LogP contribution in [0.3, 0.4) is 0 Å². The minimum absolute atomic E-state index is 0.175. The van der Waals surface area contributed by atoms with Gasteiger partial charge in [-0.3, -0.25) is 9.48 Å². The zero-order valence-corrected chi connectivity index (χ0v) is 15.7. The molecule has 7 nitrogen and oxygen atoms in total. The van der Waals surface area contributed by atoms with Crippen molar-refractivity contribution in [1.29, 1.82) is 0 Å². The summed E-state index contributed by atoms with van der Waals surface area (Å²) >= 11 is 0. The van der Waals surface area contributed by atoms with Gasteiger partial charge in [0.25, 0.3) is 5.91 Å². The number of carbonyl (C=O) groups is 2. The van der Waals surface area contributed by atoms with Crippen molar-refractivity contribution in [3.63, 3.8) is 0 Å². The van der Waals surface area contributed by atoms with Gasteiger partial charge in [-0.1, -0.05) is 19.3 Å². The van der Waals surface area contributed by atoms with Crippen molar-refractivity contribution in [1.82, 2.24) is 9.78 Å². The summed E-state index contributed by atoms with van der Waals surface area (Å²) in [6, 6.07) is 5.09. The van der Waals surface area contributed by atoms with Crippen LogP contribution in [0, 0.1) is 6.92 Å². The van der Waals surface area contributed by atoms with Crippen LogP contribution in [0.15, 0.2) is 24.4 Å². The second-order valence-corrected chi connectivity index (χ2v) is 7.05. The van der Waals surface area contributed by atoms with Crippen LogP contribution < -0.4 is 10.1 Å². The van der Waals surface area contributed by atoms with Gasteiger partial charge in [0, 0.05) is 24.8 Å².